The van der Waals surface area contributed by atoms with Gasteiger partial charge in [0, 0.05) is 13.0 Å². The minimum atomic E-state index is -0.436. The van der Waals surface area contributed by atoms with E-state index in [-0.39, 0.29) is 18.6 Å². The van der Waals surface area contributed by atoms with Crippen LogP contribution in [-0.2, 0) is 4.74 Å². The molecule has 1 rings (SSSR count). The first-order valence-corrected chi connectivity index (χ1v) is 6.30. The van der Waals surface area contributed by atoms with Gasteiger partial charge in [0.2, 0.25) is 0 Å². The molecule has 0 bridgehead atoms. The number of nitrogens with zero attached hydrogens (tertiary/aromatic N) is 1. The smallest absolute Gasteiger partial charge is 0.396 e. The zero-order chi connectivity index (χ0) is 12.7. The van der Waals surface area contributed by atoms with Crippen molar-refractivity contribution in [3.63, 3.8) is 0 Å². The second-order valence-electron chi connectivity index (χ2n) is 4.14. The van der Waals surface area contributed by atoms with E-state index in [1.54, 1.807) is 13.3 Å². The summed E-state index contributed by atoms with van der Waals surface area (Å²) in [5.74, 6) is -0.0872. The monoisotopic (exact) mass is 261 g/mol. The number of hydrogen-bond donors (Lipinski definition) is 4. The maximum absolute atomic E-state index is 9.94. The summed E-state index contributed by atoms with van der Waals surface area (Å²) in [4.78, 5) is 0. The second-order valence-corrected chi connectivity index (χ2v) is 4.56. The van der Waals surface area contributed by atoms with E-state index in [1.807, 2.05) is 0 Å². The van der Waals surface area contributed by atoms with E-state index in [1.165, 1.54) is 0 Å². The molecule has 6 heteroatoms. The molecule has 3 unspecified atom stereocenters. The Kier molecular flexibility index (Phi) is 6.62. The van der Waals surface area contributed by atoms with E-state index in [2.05, 4.69) is 22.6 Å². The zero-order valence-corrected chi connectivity index (χ0v) is 10.9. The first kappa shape index (κ1) is 14.5. The molecule has 1 aliphatic rings. The topological polar surface area (TPSA) is 75.8 Å². The maximum atomic E-state index is 9.94. The molecular formula is C11H21N2O3S+. The van der Waals surface area contributed by atoms with Crippen LogP contribution in [0.25, 0.3) is 0 Å². The molecule has 1 heterocycles. The lowest BCUT2D eigenvalue weighted by Crippen LogP contribution is -2.38. The Balaban J connectivity index is 2.45. The molecule has 0 spiro atoms. The van der Waals surface area contributed by atoms with Crippen molar-refractivity contribution in [2.24, 2.45) is 5.92 Å². The first-order valence-electron chi connectivity index (χ1n) is 5.85. The minimum absolute atomic E-state index is 0.0468. The van der Waals surface area contributed by atoms with E-state index in [9.17, 15) is 5.11 Å². The molecule has 0 amide bonds. The third kappa shape index (κ3) is 5.10. The van der Waals surface area contributed by atoms with Gasteiger partial charge < -0.3 is 14.9 Å². The molecule has 0 aliphatic carbocycles. The Morgan fingerprint density at radius 3 is 3.00 bits per heavy atom. The maximum Gasteiger partial charge on any atom is 0.400 e. The molecule has 5 nitrogen and oxygen atoms in total. The number of rotatable bonds is 4. The molecule has 1 aliphatic heterocycles. The van der Waals surface area contributed by atoms with E-state index in [0.717, 1.165) is 6.42 Å². The Labute approximate surface area is 107 Å². The third-order valence-electron chi connectivity index (χ3n) is 2.82. The highest BCUT2D eigenvalue weighted by molar-refractivity contribution is 7.96. The number of thiol groups is 1. The Morgan fingerprint density at radius 1 is 1.65 bits per heavy atom. The summed E-state index contributed by atoms with van der Waals surface area (Å²) in [6.07, 6.45) is 3.38. The number of aliphatic hydroxyl groups is 2. The van der Waals surface area contributed by atoms with Gasteiger partial charge in [0.15, 0.2) is 6.21 Å². The fraction of sp³-hybridized carbons (Fsp3) is 0.818. The van der Waals surface area contributed by atoms with Crippen molar-refractivity contribution in [3.05, 3.63) is 0 Å². The third-order valence-corrected chi connectivity index (χ3v) is 3.16. The van der Waals surface area contributed by atoms with Crippen LogP contribution in [0.2, 0.25) is 0 Å². The van der Waals surface area contributed by atoms with Gasteiger partial charge in [-0.2, -0.15) is 0 Å². The summed E-state index contributed by atoms with van der Waals surface area (Å²) in [5.41, 5.74) is 0. The van der Waals surface area contributed by atoms with Gasteiger partial charge in [0.25, 0.3) is 0 Å². The standard InChI is InChI=1S/C11H20N2O3S/c1-12-11(17)13-6-8-7-16-9(3-2-4-14)5-10(8)15/h6,8-10,14-15H,2-5,7H2,1H3,(H,12,17)/p+1. The normalized spacial score (nSPS) is 28.4. The van der Waals surface area contributed by atoms with Crippen molar-refractivity contribution in [3.8, 4) is 0 Å². The summed E-state index contributed by atoms with van der Waals surface area (Å²) >= 11 is 4.08. The fourth-order valence-electron chi connectivity index (χ4n) is 1.76. The highest BCUT2D eigenvalue weighted by Crippen LogP contribution is 2.21. The van der Waals surface area contributed by atoms with E-state index in [4.69, 9.17) is 9.84 Å². The summed E-state index contributed by atoms with van der Waals surface area (Å²) in [6, 6.07) is 0. The molecule has 3 N–H and O–H groups in total. The van der Waals surface area contributed by atoms with Crippen molar-refractivity contribution in [1.82, 2.24) is 9.98 Å². The van der Waals surface area contributed by atoms with Crippen molar-refractivity contribution in [1.29, 1.82) is 0 Å². The van der Waals surface area contributed by atoms with Crippen molar-refractivity contribution in [2.45, 2.75) is 31.5 Å². The molecular weight excluding hydrogens is 240 g/mol. The van der Waals surface area contributed by atoms with Crippen LogP contribution in [0.15, 0.2) is 0 Å². The van der Waals surface area contributed by atoms with E-state index >= 15 is 0 Å². The van der Waals surface area contributed by atoms with Gasteiger partial charge in [-0.1, -0.05) is 0 Å². The highest BCUT2D eigenvalue weighted by atomic mass is 32.1. The van der Waals surface area contributed by atoms with Crippen LogP contribution < -0.4 is 9.98 Å². The summed E-state index contributed by atoms with van der Waals surface area (Å²) in [6.45, 7) is 0.631. The predicted octanol–water partition coefficient (Wildman–Crippen LogP) is -0.832. The zero-order valence-electron chi connectivity index (χ0n) is 10.0. The van der Waals surface area contributed by atoms with E-state index < -0.39 is 6.10 Å². The van der Waals surface area contributed by atoms with Gasteiger partial charge in [-0.3, -0.25) is 5.32 Å². The summed E-state index contributed by atoms with van der Waals surface area (Å²) in [5, 5.41) is 22.0. The molecule has 3 atom stereocenters. The average Bonchev–Trinajstić information content (AvgIpc) is 2.34. The quantitative estimate of drug-likeness (QED) is 0.231. The lowest BCUT2D eigenvalue weighted by atomic mass is 9.94. The van der Waals surface area contributed by atoms with Crippen LogP contribution in [-0.4, -0.2) is 54.1 Å². The van der Waals surface area contributed by atoms with Crippen molar-refractivity contribution in [2.75, 3.05) is 20.3 Å². The second kappa shape index (κ2) is 7.74. The van der Waals surface area contributed by atoms with Gasteiger partial charge >= 0.3 is 5.17 Å². The van der Waals surface area contributed by atoms with Crippen LogP contribution in [0.5, 0.6) is 0 Å². The van der Waals surface area contributed by atoms with Crippen LogP contribution in [0.1, 0.15) is 19.3 Å². The number of amidine groups is 1. The molecule has 0 aromatic carbocycles. The van der Waals surface area contributed by atoms with Gasteiger partial charge in [0.1, 0.15) is 0 Å². The molecule has 1 saturated heterocycles. The number of aliphatic hydroxyl groups excluding tert-OH is 2. The first-order chi connectivity index (χ1) is 8.17. The van der Waals surface area contributed by atoms with Crippen LogP contribution in [0.3, 0.4) is 0 Å². The number of nitrogens with one attached hydrogen (secondary N) is 1. The predicted molar refractivity (Wildman–Crippen MR) is 71.4 cm³/mol. The number of ether oxygens (including phenoxy) is 1. The van der Waals surface area contributed by atoms with Crippen LogP contribution in [0, 0.1) is 5.92 Å². The molecule has 0 aromatic heterocycles. The lowest BCUT2D eigenvalue weighted by molar-refractivity contribution is -0.0662. The van der Waals surface area contributed by atoms with Gasteiger partial charge in [-0.25, -0.2) is 4.67 Å². The van der Waals surface area contributed by atoms with Crippen LogP contribution in [0.4, 0.5) is 0 Å². The summed E-state index contributed by atoms with van der Waals surface area (Å²) in [7, 11) is 1.73. The SMILES string of the molecule is CNC(S)=[N+]=CC1COC(CCCO)CC1O. The highest BCUT2D eigenvalue weighted by Gasteiger charge is 2.29. The van der Waals surface area contributed by atoms with Gasteiger partial charge in [0.05, 0.1) is 31.8 Å². The molecule has 0 radical (unpaired) electrons. The molecule has 17 heavy (non-hydrogen) atoms. The van der Waals surface area contributed by atoms with Crippen LogP contribution >= 0.6 is 12.6 Å². The van der Waals surface area contributed by atoms with Gasteiger partial charge in [-0.15, -0.1) is 0 Å². The minimum Gasteiger partial charge on any atom is -0.396 e. The van der Waals surface area contributed by atoms with Gasteiger partial charge in [-0.05, 0) is 25.5 Å². The Bertz CT molecular complexity index is 292. The largest absolute Gasteiger partial charge is 0.400 e. The molecule has 1 fully saturated rings. The molecule has 0 saturated carbocycles. The van der Waals surface area contributed by atoms with Crippen molar-refractivity contribution < 1.29 is 14.9 Å². The number of hydrogen-bond acceptors (Lipinski definition) is 3. The fourth-order valence-corrected chi connectivity index (χ4v) is 1.83. The molecule has 98 valence electrons. The Morgan fingerprint density at radius 2 is 2.41 bits per heavy atom. The van der Waals surface area contributed by atoms with Crippen molar-refractivity contribution >= 4 is 24.0 Å². The Hall–Kier alpha value is -0.520. The lowest BCUT2D eigenvalue weighted by Gasteiger charge is -2.30. The summed E-state index contributed by atoms with van der Waals surface area (Å²) < 4.78 is 9.68. The average molecular weight is 261 g/mol. The van der Waals surface area contributed by atoms with E-state index in [0.29, 0.717) is 24.6 Å². The molecule has 0 aromatic rings.